The van der Waals surface area contributed by atoms with E-state index in [1.165, 1.54) is 13.1 Å². The zero-order chi connectivity index (χ0) is 11.5. The summed E-state index contributed by atoms with van der Waals surface area (Å²) in [6.45, 7) is 0.0643. The average Bonchev–Trinajstić information content (AvgIpc) is 2.18. The summed E-state index contributed by atoms with van der Waals surface area (Å²) in [5.41, 5.74) is 0. The van der Waals surface area contributed by atoms with Crippen molar-refractivity contribution < 1.29 is 8.42 Å². The molecule has 0 aliphatic rings. The third-order valence-electron chi connectivity index (χ3n) is 1.82. The molecule has 0 saturated heterocycles. The number of rotatable bonds is 3. The Bertz CT molecular complexity index is 490. The van der Waals surface area contributed by atoms with E-state index < -0.39 is 10.0 Å². The number of halogens is 1. The summed E-state index contributed by atoms with van der Waals surface area (Å²) in [5.74, 6) is 2.29. The van der Waals surface area contributed by atoms with Crippen LogP contribution in [-0.2, 0) is 10.0 Å². The fourth-order valence-corrected chi connectivity index (χ4v) is 2.70. The van der Waals surface area contributed by atoms with Crippen molar-refractivity contribution in [3.05, 3.63) is 28.7 Å². The van der Waals surface area contributed by atoms with Crippen molar-refractivity contribution in [1.82, 2.24) is 4.31 Å². The SMILES string of the molecule is C#CCN(C)S(=O)(=O)c1cccc(Br)c1. The molecule has 15 heavy (non-hydrogen) atoms. The summed E-state index contributed by atoms with van der Waals surface area (Å²) in [6, 6.07) is 6.51. The Morgan fingerprint density at radius 1 is 1.53 bits per heavy atom. The second-order valence-corrected chi connectivity index (χ2v) is 5.88. The summed E-state index contributed by atoms with van der Waals surface area (Å²) < 4.78 is 25.6. The van der Waals surface area contributed by atoms with Crippen LogP contribution in [0.25, 0.3) is 0 Å². The zero-order valence-corrected chi connectivity index (χ0v) is 10.5. The molecule has 0 saturated carbocycles. The molecule has 80 valence electrons. The van der Waals surface area contributed by atoms with Gasteiger partial charge >= 0.3 is 0 Å². The minimum absolute atomic E-state index is 0.0643. The van der Waals surface area contributed by atoms with E-state index in [1.807, 2.05) is 0 Å². The van der Waals surface area contributed by atoms with Gasteiger partial charge in [0.2, 0.25) is 10.0 Å². The lowest BCUT2D eigenvalue weighted by Crippen LogP contribution is -2.27. The topological polar surface area (TPSA) is 37.4 Å². The third kappa shape index (κ3) is 2.81. The van der Waals surface area contributed by atoms with Crippen LogP contribution in [0.4, 0.5) is 0 Å². The maximum Gasteiger partial charge on any atom is 0.243 e. The minimum atomic E-state index is -3.46. The molecule has 3 nitrogen and oxygen atoms in total. The molecule has 0 aliphatic carbocycles. The molecule has 1 aromatic carbocycles. The third-order valence-corrected chi connectivity index (χ3v) is 4.11. The summed E-state index contributed by atoms with van der Waals surface area (Å²) in [7, 11) is -2.01. The van der Waals surface area contributed by atoms with Gasteiger partial charge in [0.1, 0.15) is 0 Å². The molecular weight excluding hydrogens is 278 g/mol. The predicted octanol–water partition coefficient (Wildman–Crippen LogP) is 1.70. The van der Waals surface area contributed by atoms with Gasteiger partial charge in [-0.05, 0) is 18.2 Å². The van der Waals surface area contributed by atoms with Crippen molar-refractivity contribution in [3.63, 3.8) is 0 Å². The average molecular weight is 288 g/mol. The molecule has 0 unspecified atom stereocenters. The Morgan fingerprint density at radius 2 is 2.20 bits per heavy atom. The first kappa shape index (κ1) is 12.2. The highest BCUT2D eigenvalue weighted by Gasteiger charge is 2.19. The fourth-order valence-electron chi connectivity index (χ4n) is 1.02. The minimum Gasteiger partial charge on any atom is -0.207 e. The smallest absolute Gasteiger partial charge is 0.207 e. The number of terminal acetylenes is 1. The molecule has 1 rings (SSSR count). The van der Waals surface area contributed by atoms with Crippen molar-refractivity contribution in [2.24, 2.45) is 0 Å². The fraction of sp³-hybridized carbons (Fsp3) is 0.200. The highest BCUT2D eigenvalue weighted by molar-refractivity contribution is 9.10. The van der Waals surface area contributed by atoms with Crippen LogP contribution >= 0.6 is 15.9 Å². The predicted molar refractivity (Wildman–Crippen MR) is 62.8 cm³/mol. The monoisotopic (exact) mass is 287 g/mol. The maximum absolute atomic E-state index is 11.9. The van der Waals surface area contributed by atoms with Gasteiger partial charge < -0.3 is 0 Å². The molecule has 0 N–H and O–H groups in total. The maximum atomic E-state index is 11.9. The van der Waals surface area contributed by atoms with Crippen LogP contribution in [0.2, 0.25) is 0 Å². The highest BCUT2D eigenvalue weighted by atomic mass is 79.9. The van der Waals surface area contributed by atoms with Crippen molar-refractivity contribution in [1.29, 1.82) is 0 Å². The summed E-state index contributed by atoms with van der Waals surface area (Å²) in [5, 5.41) is 0. The normalized spacial score (nSPS) is 11.3. The van der Waals surface area contributed by atoms with Crippen LogP contribution in [0.1, 0.15) is 0 Å². The first-order chi connectivity index (χ1) is 6.98. The molecule has 5 heteroatoms. The van der Waals surface area contributed by atoms with Gasteiger partial charge in [-0.25, -0.2) is 8.42 Å². The molecule has 0 amide bonds. The van der Waals surface area contributed by atoms with Crippen LogP contribution in [0, 0.1) is 12.3 Å². The van der Waals surface area contributed by atoms with E-state index >= 15 is 0 Å². The molecule has 0 bridgehead atoms. The van der Waals surface area contributed by atoms with Crippen LogP contribution < -0.4 is 0 Å². The number of hydrogen-bond acceptors (Lipinski definition) is 2. The second kappa shape index (κ2) is 4.79. The van der Waals surface area contributed by atoms with E-state index in [0.29, 0.717) is 0 Å². The van der Waals surface area contributed by atoms with Gasteiger partial charge in [0.25, 0.3) is 0 Å². The quantitative estimate of drug-likeness (QED) is 0.794. The Balaban J connectivity index is 3.13. The molecule has 0 fully saturated rings. The molecule has 1 aromatic rings. The zero-order valence-electron chi connectivity index (χ0n) is 8.14. The van der Waals surface area contributed by atoms with Gasteiger partial charge in [0.05, 0.1) is 11.4 Å². The molecule has 0 aromatic heterocycles. The van der Waals surface area contributed by atoms with Crippen molar-refractivity contribution in [3.8, 4) is 12.3 Å². The van der Waals surface area contributed by atoms with Gasteiger partial charge in [0.15, 0.2) is 0 Å². The van der Waals surface area contributed by atoms with Crippen LogP contribution in [0.3, 0.4) is 0 Å². The molecule has 0 atom stereocenters. The van der Waals surface area contributed by atoms with Crippen LogP contribution in [0.15, 0.2) is 33.6 Å². The Labute approximate surface area is 98.3 Å². The second-order valence-electron chi connectivity index (χ2n) is 2.92. The van der Waals surface area contributed by atoms with Crippen molar-refractivity contribution >= 4 is 26.0 Å². The Morgan fingerprint density at radius 3 is 2.73 bits per heavy atom. The van der Waals surface area contributed by atoms with Crippen LogP contribution in [0.5, 0.6) is 0 Å². The van der Waals surface area contributed by atoms with Gasteiger partial charge in [-0.2, -0.15) is 4.31 Å². The van der Waals surface area contributed by atoms with E-state index in [-0.39, 0.29) is 11.4 Å². The molecule has 0 radical (unpaired) electrons. The van der Waals surface area contributed by atoms with Crippen molar-refractivity contribution in [2.45, 2.75) is 4.90 Å². The molecular formula is C10H10BrNO2S. The van der Waals surface area contributed by atoms with E-state index in [9.17, 15) is 8.42 Å². The largest absolute Gasteiger partial charge is 0.243 e. The van der Waals surface area contributed by atoms with E-state index in [4.69, 9.17) is 6.42 Å². The molecule has 0 spiro atoms. The summed E-state index contributed by atoms with van der Waals surface area (Å²) in [4.78, 5) is 0.231. The van der Waals surface area contributed by atoms with Gasteiger partial charge in [0, 0.05) is 11.5 Å². The van der Waals surface area contributed by atoms with E-state index in [0.717, 1.165) is 8.78 Å². The molecule has 0 heterocycles. The number of hydrogen-bond donors (Lipinski definition) is 0. The number of sulfonamides is 1. The van der Waals surface area contributed by atoms with Gasteiger partial charge in [-0.1, -0.05) is 27.9 Å². The van der Waals surface area contributed by atoms with Gasteiger partial charge in [-0.15, -0.1) is 6.42 Å². The number of nitrogens with zero attached hydrogens (tertiary/aromatic N) is 1. The van der Waals surface area contributed by atoms with E-state index in [1.54, 1.807) is 18.2 Å². The highest BCUT2D eigenvalue weighted by Crippen LogP contribution is 2.18. The standard InChI is InChI=1S/C10H10BrNO2S/c1-3-7-12(2)15(13,14)10-6-4-5-9(11)8-10/h1,4-6,8H,7H2,2H3. The summed E-state index contributed by atoms with van der Waals surface area (Å²) in [6.07, 6.45) is 5.07. The lowest BCUT2D eigenvalue weighted by atomic mass is 10.4. The van der Waals surface area contributed by atoms with Crippen LogP contribution in [-0.4, -0.2) is 26.3 Å². The van der Waals surface area contributed by atoms with Gasteiger partial charge in [-0.3, -0.25) is 0 Å². The first-order valence-corrected chi connectivity index (χ1v) is 6.37. The van der Waals surface area contributed by atoms with E-state index in [2.05, 4.69) is 21.9 Å². The lowest BCUT2D eigenvalue weighted by Gasteiger charge is -2.14. The Hall–Kier alpha value is -0.830. The summed E-state index contributed by atoms with van der Waals surface area (Å²) >= 11 is 3.22. The molecule has 0 aliphatic heterocycles. The lowest BCUT2D eigenvalue weighted by molar-refractivity contribution is 0.503. The van der Waals surface area contributed by atoms with Crippen molar-refractivity contribution in [2.75, 3.05) is 13.6 Å². The number of benzene rings is 1. The Kier molecular flexibility index (Phi) is 3.91. The first-order valence-electron chi connectivity index (χ1n) is 4.14.